The van der Waals surface area contributed by atoms with Gasteiger partial charge < -0.3 is 5.32 Å². The summed E-state index contributed by atoms with van der Waals surface area (Å²) in [6.45, 7) is 3.33. The third-order valence-corrected chi connectivity index (χ3v) is 5.31. The zero-order valence-corrected chi connectivity index (χ0v) is 14.4. The van der Waals surface area contributed by atoms with E-state index in [2.05, 4.69) is 52.5 Å². The molecule has 2 unspecified atom stereocenters. The van der Waals surface area contributed by atoms with Crippen molar-refractivity contribution in [3.8, 4) is 0 Å². The van der Waals surface area contributed by atoms with Gasteiger partial charge in [-0.2, -0.15) is 0 Å². The van der Waals surface area contributed by atoms with Crippen LogP contribution in [-0.2, 0) is 5.66 Å². The number of halogens is 1. The van der Waals surface area contributed by atoms with Gasteiger partial charge >= 0.3 is 0 Å². The molecule has 4 nitrogen and oxygen atoms in total. The lowest BCUT2D eigenvalue weighted by molar-refractivity contribution is 0.102. The molecule has 3 heterocycles. The lowest BCUT2D eigenvalue weighted by Gasteiger charge is -2.46. The Hall–Kier alpha value is -2.04. The van der Waals surface area contributed by atoms with Crippen LogP contribution in [0.1, 0.15) is 25.3 Å². The number of hydrogen-bond acceptors (Lipinski definition) is 3. The minimum atomic E-state index is -0.442. The minimum Gasteiger partial charge on any atom is -0.346 e. The predicted molar refractivity (Wildman–Crippen MR) is 97.3 cm³/mol. The van der Waals surface area contributed by atoms with E-state index in [1.807, 2.05) is 29.2 Å². The molecule has 0 radical (unpaired) electrons. The van der Waals surface area contributed by atoms with Crippen LogP contribution in [0.4, 0.5) is 0 Å². The topological polar surface area (TPSA) is 33.1 Å². The van der Waals surface area contributed by atoms with Gasteiger partial charge in [0.2, 0.25) is 0 Å². The molecule has 0 aliphatic carbocycles. The van der Waals surface area contributed by atoms with Crippen LogP contribution in [0.25, 0.3) is 5.82 Å². The van der Waals surface area contributed by atoms with Gasteiger partial charge in [-0.05, 0) is 38.0 Å². The monoisotopic (exact) mass is 340 g/mol. The SMILES string of the molecule is CC1CCCN1C1(c2ccccc2Cl)C=CC=C(n2ccnc2)N1. The van der Waals surface area contributed by atoms with Crippen molar-refractivity contribution in [2.24, 2.45) is 0 Å². The average Bonchev–Trinajstić information content (AvgIpc) is 3.27. The van der Waals surface area contributed by atoms with Crippen LogP contribution in [0.2, 0.25) is 5.02 Å². The predicted octanol–water partition coefficient (Wildman–Crippen LogP) is 3.83. The molecule has 0 saturated carbocycles. The fraction of sp³-hybridized carbons (Fsp3) is 0.316. The van der Waals surface area contributed by atoms with Crippen LogP contribution in [0.15, 0.2) is 61.2 Å². The van der Waals surface area contributed by atoms with Crippen molar-refractivity contribution in [1.29, 1.82) is 0 Å². The third-order valence-electron chi connectivity index (χ3n) is 4.98. The largest absolute Gasteiger partial charge is 0.346 e. The van der Waals surface area contributed by atoms with Crippen molar-refractivity contribution in [3.63, 3.8) is 0 Å². The van der Waals surface area contributed by atoms with Crippen LogP contribution in [0, 0.1) is 0 Å². The number of aromatic nitrogens is 2. The van der Waals surface area contributed by atoms with E-state index in [0.717, 1.165) is 23.0 Å². The van der Waals surface area contributed by atoms with Crippen LogP contribution >= 0.6 is 11.6 Å². The fourth-order valence-corrected chi connectivity index (χ4v) is 4.10. The van der Waals surface area contributed by atoms with Crippen molar-refractivity contribution >= 4 is 17.4 Å². The zero-order valence-electron chi connectivity index (χ0n) is 13.7. The maximum atomic E-state index is 6.61. The number of likely N-dealkylation sites (tertiary alicyclic amines) is 1. The Kier molecular flexibility index (Phi) is 3.94. The molecular weight excluding hydrogens is 320 g/mol. The number of imidazole rings is 1. The number of nitrogens with zero attached hydrogens (tertiary/aromatic N) is 3. The van der Waals surface area contributed by atoms with Crippen molar-refractivity contribution in [1.82, 2.24) is 19.8 Å². The molecule has 2 atom stereocenters. The Balaban J connectivity index is 1.82. The molecule has 1 N–H and O–H groups in total. The van der Waals surface area contributed by atoms with Crippen molar-refractivity contribution in [2.45, 2.75) is 31.5 Å². The highest BCUT2D eigenvalue weighted by molar-refractivity contribution is 6.31. The lowest BCUT2D eigenvalue weighted by Crippen LogP contribution is -2.56. The van der Waals surface area contributed by atoms with E-state index in [1.54, 1.807) is 6.20 Å². The Bertz CT molecular complexity index is 780. The Morgan fingerprint density at radius 3 is 2.92 bits per heavy atom. The summed E-state index contributed by atoms with van der Waals surface area (Å²) in [5, 5.41) is 4.52. The maximum Gasteiger partial charge on any atom is 0.140 e. The van der Waals surface area contributed by atoms with Gasteiger partial charge in [-0.1, -0.05) is 35.9 Å². The van der Waals surface area contributed by atoms with E-state index in [4.69, 9.17) is 11.6 Å². The van der Waals surface area contributed by atoms with Gasteiger partial charge in [0.1, 0.15) is 17.8 Å². The first-order valence-electron chi connectivity index (χ1n) is 8.38. The Labute approximate surface area is 147 Å². The van der Waals surface area contributed by atoms with Gasteiger partial charge in [0.15, 0.2) is 0 Å². The molecule has 2 aliphatic heterocycles. The quantitative estimate of drug-likeness (QED) is 0.921. The van der Waals surface area contributed by atoms with E-state index in [1.165, 1.54) is 12.8 Å². The van der Waals surface area contributed by atoms with Gasteiger partial charge in [-0.25, -0.2) is 4.98 Å². The molecule has 2 aliphatic rings. The summed E-state index contributed by atoms with van der Waals surface area (Å²) >= 11 is 6.61. The minimum absolute atomic E-state index is 0.442. The first kappa shape index (κ1) is 15.5. The van der Waals surface area contributed by atoms with E-state index < -0.39 is 5.66 Å². The smallest absolute Gasteiger partial charge is 0.140 e. The van der Waals surface area contributed by atoms with Crippen LogP contribution in [-0.4, -0.2) is 27.0 Å². The average molecular weight is 341 g/mol. The number of rotatable bonds is 3. The zero-order chi connectivity index (χ0) is 16.6. The van der Waals surface area contributed by atoms with Gasteiger partial charge in [0, 0.05) is 35.6 Å². The normalized spacial score (nSPS) is 27.1. The molecule has 24 heavy (non-hydrogen) atoms. The molecule has 0 amide bonds. The highest BCUT2D eigenvalue weighted by Gasteiger charge is 2.43. The lowest BCUT2D eigenvalue weighted by atomic mass is 9.93. The van der Waals surface area contributed by atoms with Gasteiger partial charge in [-0.15, -0.1) is 0 Å². The first-order chi connectivity index (χ1) is 11.7. The summed E-state index contributed by atoms with van der Waals surface area (Å²) in [7, 11) is 0. The number of dihydropyridines is 1. The van der Waals surface area contributed by atoms with E-state index >= 15 is 0 Å². The highest BCUT2D eigenvalue weighted by atomic mass is 35.5. The number of nitrogens with one attached hydrogen (secondary N) is 1. The summed E-state index contributed by atoms with van der Waals surface area (Å²) in [6, 6.07) is 8.59. The number of allylic oxidation sites excluding steroid dienone is 2. The summed E-state index contributed by atoms with van der Waals surface area (Å²) in [5.41, 5.74) is 0.644. The second-order valence-corrected chi connectivity index (χ2v) is 6.84. The van der Waals surface area contributed by atoms with E-state index in [0.29, 0.717) is 6.04 Å². The van der Waals surface area contributed by atoms with Crippen molar-refractivity contribution in [2.75, 3.05) is 6.54 Å². The Morgan fingerprint density at radius 2 is 2.21 bits per heavy atom. The van der Waals surface area contributed by atoms with Crippen LogP contribution in [0.3, 0.4) is 0 Å². The first-order valence-corrected chi connectivity index (χ1v) is 8.76. The summed E-state index contributed by atoms with van der Waals surface area (Å²) in [6.07, 6.45) is 14.3. The Morgan fingerprint density at radius 1 is 1.33 bits per heavy atom. The van der Waals surface area contributed by atoms with Crippen LogP contribution in [0.5, 0.6) is 0 Å². The molecule has 124 valence electrons. The summed E-state index contributed by atoms with van der Waals surface area (Å²) in [4.78, 5) is 6.67. The summed E-state index contributed by atoms with van der Waals surface area (Å²) in [5.74, 6) is 0.994. The highest BCUT2D eigenvalue weighted by Crippen LogP contribution is 2.40. The number of hydrogen-bond donors (Lipinski definition) is 1. The van der Waals surface area contributed by atoms with Crippen molar-refractivity contribution in [3.05, 3.63) is 71.8 Å². The summed E-state index contributed by atoms with van der Waals surface area (Å²) < 4.78 is 2.00. The molecule has 5 heteroatoms. The fourth-order valence-electron chi connectivity index (χ4n) is 3.82. The molecular formula is C19H21ClN4. The second kappa shape index (κ2) is 6.11. The van der Waals surface area contributed by atoms with E-state index in [-0.39, 0.29) is 0 Å². The molecule has 1 saturated heterocycles. The van der Waals surface area contributed by atoms with Gasteiger partial charge in [0.25, 0.3) is 0 Å². The molecule has 1 aromatic carbocycles. The number of benzene rings is 1. The van der Waals surface area contributed by atoms with Crippen molar-refractivity contribution < 1.29 is 0 Å². The molecule has 0 spiro atoms. The molecule has 4 rings (SSSR count). The molecule has 0 bridgehead atoms. The van der Waals surface area contributed by atoms with Crippen LogP contribution < -0.4 is 5.32 Å². The maximum absolute atomic E-state index is 6.61. The molecule has 2 aromatic rings. The third kappa shape index (κ3) is 2.46. The van der Waals surface area contributed by atoms with E-state index in [9.17, 15) is 0 Å². The standard InChI is InChI=1S/C19H21ClN4/c1-15-6-5-12-24(15)19(16-7-2-3-8-17(16)20)10-4-9-18(22-19)23-13-11-21-14-23/h2-4,7-11,13-15,22H,5-6,12H2,1H3. The second-order valence-electron chi connectivity index (χ2n) is 6.44. The van der Waals surface area contributed by atoms with Gasteiger partial charge in [0.05, 0.1) is 0 Å². The molecule has 1 fully saturated rings. The van der Waals surface area contributed by atoms with Gasteiger partial charge in [-0.3, -0.25) is 9.47 Å². The molecule has 1 aromatic heterocycles.